The van der Waals surface area contributed by atoms with Crippen molar-refractivity contribution in [1.29, 1.82) is 0 Å². The number of nitrogens with one attached hydrogen (secondary N) is 1. The minimum absolute atomic E-state index is 0.0134. The normalized spacial score (nSPS) is 11.3. The van der Waals surface area contributed by atoms with Crippen LogP contribution in [-0.2, 0) is 11.8 Å². The van der Waals surface area contributed by atoms with E-state index in [1.807, 2.05) is 5.38 Å². The number of amides is 1. The molecule has 0 spiro atoms. The smallest absolute Gasteiger partial charge is 0.356 e. The van der Waals surface area contributed by atoms with E-state index in [2.05, 4.69) is 41.0 Å². The van der Waals surface area contributed by atoms with E-state index in [1.165, 1.54) is 0 Å². The van der Waals surface area contributed by atoms with Gasteiger partial charge < -0.3 is 10.4 Å². The minimum atomic E-state index is -1.18. The average molecular weight is 334 g/mol. The highest BCUT2D eigenvalue weighted by atomic mass is 32.1. The Morgan fingerprint density at radius 1 is 1.22 bits per heavy atom. The number of carboxylic acid groups (broad SMARTS) is 1. The van der Waals surface area contributed by atoms with Gasteiger partial charge in [0.25, 0.3) is 5.91 Å². The first-order valence-corrected chi connectivity index (χ1v) is 7.94. The lowest BCUT2D eigenvalue weighted by Gasteiger charge is -2.14. The second-order valence-electron chi connectivity index (χ2n) is 5.97. The first kappa shape index (κ1) is 17.0. The van der Waals surface area contributed by atoms with Crippen molar-refractivity contribution < 1.29 is 14.7 Å². The highest BCUT2D eigenvalue weighted by Crippen LogP contribution is 2.23. The van der Waals surface area contributed by atoms with Crippen LogP contribution in [0.3, 0.4) is 0 Å². The van der Waals surface area contributed by atoms with E-state index in [0.717, 1.165) is 23.1 Å². The predicted molar refractivity (Wildman–Crippen MR) is 85.8 cm³/mol. The summed E-state index contributed by atoms with van der Waals surface area (Å²) in [5, 5.41) is 14.4. The monoisotopic (exact) mass is 334 g/mol. The molecule has 7 nitrogen and oxygen atoms in total. The van der Waals surface area contributed by atoms with Gasteiger partial charge in [-0.15, -0.1) is 11.3 Å². The highest BCUT2D eigenvalue weighted by Gasteiger charge is 2.17. The molecule has 8 heteroatoms. The van der Waals surface area contributed by atoms with E-state index in [4.69, 9.17) is 5.11 Å². The molecule has 0 fully saturated rings. The van der Waals surface area contributed by atoms with Crippen molar-refractivity contribution in [3.05, 3.63) is 39.9 Å². The van der Waals surface area contributed by atoms with Gasteiger partial charge in [-0.3, -0.25) is 4.79 Å². The van der Waals surface area contributed by atoms with E-state index in [-0.39, 0.29) is 22.7 Å². The molecule has 0 aliphatic rings. The number of nitrogens with zero attached hydrogens (tertiary/aromatic N) is 3. The molecule has 0 unspecified atom stereocenters. The maximum Gasteiger partial charge on any atom is 0.356 e. The van der Waals surface area contributed by atoms with Crippen LogP contribution in [0.4, 0.5) is 0 Å². The van der Waals surface area contributed by atoms with Gasteiger partial charge in [-0.1, -0.05) is 20.8 Å². The molecule has 2 N–H and O–H groups in total. The molecule has 1 amide bonds. The molecule has 0 bridgehead atoms. The summed E-state index contributed by atoms with van der Waals surface area (Å²) in [5.74, 6) is -1.56. The number of aromatic nitrogens is 3. The summed E-state index contributed by atoms with van der Waals surface area (Å²) in [7, 11) is 0. The summed E-state index contributed by atoms with van der Waals surface area (Å²) >= 11 is 1.57. The van der Waals surface area contributed by atoms with Crippen LogP contribution in [0.2, 0.25) is 0 Å². The fourth-order valence-electron chi connectivity index (χ4n) is 1.70. The molecular weight excluding hydrogens is 316 g/mol. The van der Waals surface area contributed by atoms with Gasteiger partial charge in [0.15, 0.2) is 5.69 Å². The van der Waals surface area contributed by atoms with Gasteiger partial charge in [0.05, 0.1) is 23.1 Å². The van der Waals surface area contributed by atoms with Crippen LogP contribution in [0.15, 0.2) is 17.8 Å². The lowest BCUT2D eigenvalue weighted by molar-refractivity contribution is 0.0689. The Morgan fingerprint density at radius 3 is 2.39 bits per heavy atom. The average Bonchev–Trinajstić information content (AvgIpc) is 2.96. The van der Waals surface area contributed by atoms with Crippen LogP contribution in [0.5, 0.6) is 0 Å². The molecule has 0 atom stereocenters. The Balaban J connectivity index is 1.87. The van der Waals surface area contributed by atoms with Crippen LogP contribution in [0.1, 0.15) is 52.4 Å². The van der Waals surface area contributed by atoms with Gasteiger partial charge >= 0.3 is 5.97 Å². The highest BCUT2D eigenvalue weighted by molar-refractivity contribution is 7.09. The molecule has 2 rings (SSSR count). The predicted octanol–water partition coefficient (Wildman–Crippen LogP) is 1.90. The summed E-state index contributed by atoms with van der Waals surface area (Å²) in [4.78, 5) is 34.6. The van der Waals surface area contributed by atoms with Gasteiger partial charge in [-0.2, -0.15) is 0 Å². The Bertz CT molecular complexity index is 704. The molecular formula is C15H18N4O3S. The lowest BCUT2D eigenvalue weighted by atomic mass is 9.93. The fourth-order valence-corrected chi connectivity index (χ4v) is 2.72. The van der Waals surface area contributed by atoms with Crippen molar-refractivity contribution in [3.8, 4) is 0 Å². The molecule has 2 aromatic rings. The summed E-state index contributed by atoms with van der Waals surface area (Å²) in [6.07, 6.45) is 2.85. The Morgan fingerprint density at radius 2 is 1.87 bits per heavy atom. The van der Waals surface area contributed by atoms with Gasteiger partial charge in [0, 0.05) is 23.8 Å². The Kier molecular flexibility index (Phi) is 5.05. The minimum Gasteiger partial charge on any atom is -0.476 e. The standard InChI is InChI=1S/C15H18N4O3S/c1-15(2,3)11-8-23-12(19-11)4-5-16-13(20)9-6-18-10(7-17-9)14(21)22/h6-8H,4-5H2,1-3H3,(H,16,20)(H,21,22). The second kappa shape index (κ2) is 6.82. The van der Waals surface area contributed by atoms with Crippen molar-refractivity contribution in [2.75, 3.05) is 6.54 Å². The maximum absolute atomic E-state index is 11.9. The van der Waals surface area contributed by atoms with Gasteiger partial charge in [-0.05, 0) is 0 Å². The van der Waals surface area contributed by atoms with Crippen LogP contribution in [0.25, 0.3) is 0 Å². The van der Waals surface area contributed by atoms with Crippen molar-refractivity contribution in [1.82, 2.24) is 20.3 Å². The van der Waals surface area contributed by atoms with Crippen LogP contribution >= 0.6 is 11.3 Å². The summed E-state index contributed by atoms with van der Waals surface area (Å²) in [6, 6.07) is 0. The molecule has 23 heavy (non-hydrogen) atoms. The number of carbonyl (C=O) groups excluding carboxylic acids is 1. The third kappa shape index (κ3) is 4.56. The molecule has 2 aromatic heterocycles. The van der Waals surface area contributed by atoms with E-state index < -0.39 is 5.97 Å². The Hall–Kier alpha value is -2.35. The molecule has 0 aromatic carbocycles. The van der Waals surface area contributed by atoms with Gasteiger partial charge in [0.1, 0.15) is 5.69 Å². The molecule has 0 aliphatic carbocycles. The summed E-state index contributed by atoms with van der Waals surface area (Å²) < 4.78 is 0. The number of hydrogen-bond acceptors (Lipinski definition) is 6. The van der Waals surface area contributed by atoms with Crippen molar-refractivity contribution in [3.63, 3.8) is 0 Å². The molecule has 0 radical (unpaired) electrons. The number of carboxylic acids is 1. The lowest BCUT2D eigenvalue weighted by Crippen LogP contribution is -2.27. The molecule has 122 valence electrons. The zero-order valence-electron chi connectivity index (χ0n) is 13.2. The SMILES string of the molecule is CC(C)(C)c1csc(CCNC(=O)c2cnc(C(=O)O)cn2)n1. The van der Waals surface area contributed by atoms with Crippen LogP contribution in [-0.4, -0.2) is 38.5 Å². The third-order valence-electron chi connectivity index (χ3n) is 3.05. The van der Waals surface area contributed by atoms with E-state index in [0.29, 0.717) is 13.0 Å². The van der Waals surface area contributed by atoms with E-state index in [9.17, 15) is 9.59 Å². The number of rotatable bonds is 5. The first-order chi connectivity index (χ1) is 10.8. The summed E-state index contributed by atoms with van der Waals surface area (Å²) in [6.45, 7) is 6.74. The third-order valence-corrected chi connectivity index (χ3v) is 3.96. The topological polar surface area (TPSA) is 105 Å². The largest absolute Gasteiger partial charge is 0.476 e. The van der Waals surface area contributed by atoms with Crippen molar-refractivity contribution in [2.45, 2.75) is 32.6 Å². The molecule has 0 aliphatic heterocycles. The van der Waals surface area contributed by atoms with Crippen LogP contribution in [0, 0.1) is 0 Å². The second-order valence-corrected chi connectivity index (χ2v) is 6.92. The maximum atomic E-state index is 11.9. The first-order valence-electron chi connectivity index (χ1n) is 7.06. The number of aromatic carboxylic acids is 1. The number of thiazole rings is 1. The fraction of sp³-hybridized carbons (Fsp3) is 0.400. The van der Waals surface area contributed by atoms with Gasteiger partial charge in [0.2, 0.25) is 0 Å². The quantitative estimate of drug-likeness (QED) is 0.865. The molecule has 0 saturated carbocycles. The van der Waals surface area contributed by atoms with Gasteiger partial charge in [-0.25, -0.2) is 19.7 Å². The van der Waals surface area contributed by atoms with Crippen LogP contribution < -0.4 is 5.32 Å². The zero-order chi connectivity index (χ0) is 17.0. The number of carbonyl (C=O) groups is 2. The zero-order valence-corrected chi connectivity index (χ0v) is 14.0. The Labute approximate surface area is 137 Å². The van der Waals surface area contributed by atoms with E-state index in [1.54, 1.807) is 11.3 Å². The summed E-state index contributed by atoms with van der Waals surface area (Å²) in [5.41, 5.74) is 0.946. The molecule has 2 heterocycles. The number of hydrogen-bond donors (Lipinski definition) is 2. The van der Waals surface area contributed by atoms with Crippen molar-refractivity contribution >= 4 is 23.2 Å². The van der Waals surface area contributed by atoms with E-state index >= 15 is 0 Å². The van der Waals surface area contributed by atoms with Crippen molar-refractivity contribution in [2.24, 2.45) is 0 Å². The molecule has 0 saturated heterocycles.